The van der Waals surface area contributed by atoms with Gasteiger partial charge in [-0.1, -0.05) is 18.2 Å². The summed E-state index contributed by atoms with van der Waals surface area (Å²) < 4.78 is 17.1. The first-order valence-electron chi connectivity index (χ1n) is 5.34. The molecular weight excluding hydrogens is 262 g/mol. The van der Waals surface area contributed by atoms with Gasteiger partial charge in [-0.2, -0.15) is 5.26 Å². The molecule has 0 aromatic heterocycles. The second-order valence-electron chi connectivity index (χ2n) is 3.72. The van der Waals surface area contributed by atoms with E-state index in [0.29, 0.717) is 5.75 Å². The largest absolute Gasteiger partial charge is 0.454 e. The molecule has 96 valence electrons. The van der Waals surface area contributed by atoms with Crippen molar-refractivity contribution in [3.63, 3.8) is 0 Å². The van der Waals surface area contributed by atoms with Gasteiger partial charge in [0.05, 0.1) is 17.3 Å². The highest BCUT2D eigenvalue weighted by Crippen LogP contribution is 2.33. The van der Waals surface area contributed by atoms with Crippen molar-refractivity contribution in [2.75, 3.05) is 5.73 Å². The van der Waals surface area contributed by atoms with Crippen LogP contribution < -0.4 is 15.6 Å². The normalized spacial score (nSPS) is 11.6. The van der Waals surface area contributed by atoms with Gasteiger partial charge < -0.3 is 10.5 Å². The number of para-hydroxylation sites is 1. The molecule has 4 N–H and O–H groups in total. The molecule has 5 nitrogen and oxygen atoms in total. The third-order valence-corrected chi connectivity index (χ3v) is 3.13. The second-order valence-corrected chi connectivity index (χ2v) is 4.75. The Balaban J connectivity index is 2.50. The van der Waals surface area contributed by atoms with Gasteiger partial charge in [0, 0.05) is 0 Å². The van der Waals surface area contributed by atoms with E-state index in [1.807, 2.05) is 12.1 Å². The van der Waals surface area contributed by atoms with E-state index in [2.05, 4.69) is 0 Å². The fourth-order valence-electron chi connectivity index (χ4n) is 1.55. The topological polar surface area (TPSA) is 102 Å². The first-order chi connectivity index (χ1) is 9.11. The van der Waals surface area contributed by atoms with Gasteiger partial charge in [0.15, 0.2) is 5.75 Å². The smallest absolute Gasteiger partial charge is 0.167 e. The van der Waals surface area contributed by atoms with Crippen molar-refractivity contribution in [3.05, 3.63) is 48.0 Å². The summed E-state index contributed by atoms with van der Waals surface area (Å²) in [6.07, 6.45) is 0. The molecule has 1 atom stereocenters. The predicted octanol–water partition coefficient (Wildman–Crippen LogP) is 1.91. The Hall–Kier alpha value is -2.36. The van der Waals surface area contributed by atoms with Crippen LogP contribution in [0, 0.1) is 11.3 Å². The highest BCUT2D eigenvalue weighted by Gasteiger charge is 2.15. The highest BCUT2D eigenvalue weighted by atomic mass is 32.2. The van der Waals surface area contributed by atoms with Crippen molar-refractivity contribution in [2.24, 2.45) is 5.14 Å². The lowest BCUT2D eigenvalue weighted by Gasteiger charge is -2.12. The Labute approximate surface area is 113 Å². The minimum Gasteiger partial charge on any atom is -0.454 e. The maximum atomic E-state index is 11.5. The third-order valence-electron chi connectivity index (χ3n) is 2.39. The molecule has 2 aromatic rings. The fraction of sp³-hybridized carbons (Fsp3) is 0. The van der Waals surface area contributed by atoms with E-state index < -0.39 is 11.0 Å². The maximum absolute atomic E-state index is 11.5. The number of nitrogen functional groups attached to an aromatic ring is 1. The van der Waals surface area contributed by atoms with E-state index in [-0.39, 0.29) is 21.9 Å². The SMILES string of the molecule is N#Cc1cc(N)c(Oc2ccccc2)c(S(N)=O)c1. The molecule has 0 fully saturated rings. The van der Waals surface area contributed by atoms with E-state index in [9.17, 15) is 4.21 Å². The van der Waals surface area contributed by atoms with E-state index in [0.717, 1.165) is 0 Å². The molecule has 0 radical (unpaired) electrons. The molecule has 2 rings (SSSR count). The Morgan fingerprint density at radius 1 is 1.21 bits per heavy atom. The summed E-state index contributed by atoms with van der Waals surface area (Å²) in [5.74, 6) is 0.761. The number of hydrogen-bond acceptors (Lipinski definition) is 4. The number of nitrogens with zero attached hydrogens (tertiary/aromatic N) is 1. The number of nitriles is 1. The Kier molecular flexibility index (Phi) is 3.80. The van der Waals surface area contributed by atoms with Gasteiger partial charge in [-0.05, 0) is 24.3 Å². The molecule has 1 unspecified atom stereocenters. The van der Waals surface area contributed by atoms with Crippen molar-refractivity contribution in [1.82, 2.24) is 0 Å². The number of rotatable bonds is 3. The molecule has 0 saturated carbocycles. The maximum Gasteiger partial charge on any atom is 0.167 e. The molecule has 19 heavy (non-hydrogen) atoms. The molecule has 2 aromatic carbocycles. The lowest BCUT2D eigenvalue weighted by atomic mass is 10.2. The van der Waals surface area contributed by atoms with Gasteiger partial charge in [-0.25, -0.2) is 9.35 Å². The van der Waals surface area contributed by atoms with Crippen LogP contribution >= 0.6 is 0 Å². The number of hydrogen-bond donors (Lipinski definition) is 2. The Bertz CT molecular complexity index is 666. The highest BCUT2D eigenvalue weighted by molar-refractivity contribution is 7.82. The molecule has 0 saturated heterocycles. The van der Waals surface area contributed by atoms with Gasteiger partial charge in [0.1, 0.15) is 21.6 Å². The Morgan fingerprint density at radius 3 is 2.47 bits per heavy atom. The summed E-state index contributed by atoms with van der Waals surface area (Å²) >= 11 is 0. The third kappa shape index (κ3) is 2.91. The van der Waals surface area contributed by atoms with E-state index in [4.69, 9.17) is 20.9 Å². The molecular formula is C13H11N3O2S. The quantitative estimate of drug-likeness (QED) is 0.834. The average Bonchev–Trinajstić information content (AvgIpc) is 2.41. The molecule has 0 aliphatic rings. The van der Waals surface area contributed by atoms with Crippen molar-refractivity contribution in [2.45, 2.75) is 4.90 Å². The average molecular weight is 273 g/mol. The Morgan fingerprint density at radius 2 is 1.89 bits per heavy atom. The summed E-state index contributed by atoms with van der Waals surface area (Å²) in [4.78, 5) is 0.195. The first-order valence-corrected chi connectivity index (χ1v) is 6.56. The summed E-state index contributed by atoms with van der Waals surface area (Å²) in [5.41, 5.74) is 6.32. The summed E-state index contributed by atoms with van der Waals surface area (Å²) in [7, 11) is -1.79. The molecule has 0 aliphatic carbocycles. The molecule has 0 spiro atoms. The van der Waals surface area contributed by atoms with Crippen LogP contribution in [0.1, 0.15) is 5.56 Å². The molecule has 0 heterocycles. The summed E-state index contributed by atoms with van der Waals surface area (Å²) in [6, 6.07) is 13.7. The summed E-state index contributed by atoms with van der Waals surface area (Å²) in [6.45, 7) is 0. The van der Waals surface area contributed by atoms with Crippen molar-refractivity contribution in [1.29, 1.82) is 5.26 Å². The second kappa shape index (κ2) is 5.52. The molecule has 6 heteroatoms. The minimum absolute atomic E-state index is 0.195. The van der Waals surface area contributed by atoms with Crippen LogP contribution in [0.25, 0.3) is 0 Å². The van der Waals surface area contributed by atoms with Crippen LogP contribution in [0.2, 0.25) is 0 Å². The number of ether oxygens (including phenoxy) is 1. The minimum atomic E-state index is -1.79. The van der Waals surface area contributed by atoms with Gasteiger partial charge >= 0.3 is 0 Å². The zero-order valence-electron chi connectivity index (χ0n) is 9.87. The van der Waals surface area contributed by atoms with Gasteiger partial charge in [0.2, 0.25) is 0 Å². The molecule has 0 aliphatic heterocycles. The first kappa shape index (κ1) is 13.1. The van der Waals surface area contributed by atoms with Gasteiger partial charge in [-0.15, -0.1) is 0 Å². The number of benzene rings is 2. The monoisotopic (exact) mass is 273 g/mol. The van der Waals surface area contributed by atoms with Crippen molar-refractivity contribution in [3.8, 4) is 17.6 Å². The van der Waals surface area contributed by atoms with E-state index in [1.165, 1.54) is 12.1 Å². The van der Waals surface area contributed by atoms with Crippen LogP contribution in [-0.4, -0.2) is 4.21 Å². The van der Waals surface area contributed by atoms with Crippen LogP contribution in [0.4, 0.5) is 5.69 Å². The summed E-state index contributed by atoms with van der Waals surface area (Å²) in [5, 5.41) is 14.3. The van der Waals surface area contributed by atoms with Crippen LogP contribution in [0.3, 0.4) is 0 Å². The zero-order valence-corrected chi connectivity index (χ0v) is 10.7. The van der Waals surface area contributed by atoms with Crippen LogP contribution in [0.15, 0.2) is 47.4 Å². The van der Waals surface area contributed by atoms with E-state index in [1.54, 1.807) is 24.3 Å². The van der Waals surface area contributed by atoms with Crippen molar-refractivity contribution >= 4 is 16.7 Å². The molecule has 0 amide bonds. The number of anilines is 1. The van der Waals surface area contributed by atoms with Crippen LogP contribution in [-0.2, 0) is 11.0 Å². The standard InChI is InChI=1S/C13H11N3O2S/c14-8-9-6-11(15)13(12(7-9)19(16)17)18-10-4-2-1-3-5-10/h1-7H,15-16H2. The van der Waals surface area contributed by atoms with Crippen LogP contribution in [0.5, 0.6) is 11.5 Å². The van der Waals surface area contributed by atoms with Gasteiger partial charge in [-0.3, -0.25) is 0 Å². The lowest BCUT2D eigenvalue weighted by Crippen LogP contribution is -2.07. The number of nitrogens with two attached hydrogens (primary N) is 2. The lowest BCUT2D eigenvalue weighted by molar-refractivity contribution is 0.472. The van der Waals surface area contributed by atoms with Crippen molar-refractivity contribution < 1.29 is 8.95 Å². The van der Waals surface area contributed by atoms with E-state index >= 15 is 0 Å². The van der Waals surface area contributed by atoms with Gasteiger partial charge in [0.25, 0.3) is 0 Å². The predicted molar refractivity (Wildman–Crippen MR) is 72.7 cm³/mol. The molecule has 0 bridgehead atoms. The fourth-order valence-corrected chi connectivity index (χ4v) is 2.14. The zero-order chi connectivity index (χ0) is 13.8.